The van der Waals surface area contributed by atoms with Crippen LogP contribution in [-0.4, -0.2) is 27.8 Å². The van der Waals surface area contributed by atoms with Crippen LogP contribution in [0.1, 0.15) is 11.1 Å². The average Bonchev–Trinajstić information content (AvgIpc) is 2.19. The zero-order valence-corrected chi connectivity index (χ0v) is 10.5. The van der Waals surface area contributed by atoms with E-state index >= 15 is 0 Å². The number of aryl methyl sites for hydroxylation is 1. The fourth-order valence-corrected chi connectivity index (χ4v) is 1.74. The van der Waals surface area contributed by atoms with E-state index < -0.39 is 10.0 Å². The first kappa shape index (κ1) is 13.2. The summed E-state index contributed by atoms with van der Waals surface area (Å²) in [6.45, 7) is 3.85. The molecule has 0 unspecified atom stereocenters. The van der Waals surface area contributed by atoms with Crippen molar-refractivity contribution in [3.63, 3.8) is 0 Å². The van der Waals surface area contributed by atoms with Crippen molar-refractivity contribution in [2.75, 3.05) is 19.3 Å². The Morgan fingerprint density at radius 2 is 1.75 bits per heavy atom. The monoisotopic (exact) mass is 242 g/mol. The average molecular weight is 242 g/mol. The van der Waals surface area contributed by atoms with Gasteiger partial charge in [-0.1, -0.05) is 29.8 Å². The molecule has 16 heavy (non-hydrogen) atoms. The van der Waals surface area contributed by atoms with Crippen LogP contribution in [0.4, 0.5) is 0 Å². The maximum absolute atomic E-state index is 10.8. The lowest BCUT2D eigenvalue weighted by Crippen LogP contribution is -2.30. The maximum atomic E-state index is 10.8. The van der Waals surface area contributed by atoms with Crippen LogP contribution in [0.5, 0.6) is 0 Å². The molecule has 90 valence electrons. The molecule has 4 nitrogen and oxygen atoms in total. The minimum atomic E-state index is -3.06. The van der Waals surface area contributed by atoms with Gasteiger partial charge >= 0.3 is 0 Å². The lowest BCUT2D eigenvalue weighted by atomic mass is 10.1. The molecule has 0 atom stereocenters. The molecule has 0 saturated heterocycles. The van der Waals surface area contributed by atoms with Crippen molar-refractivity contribution in [2.24, 2.45) is 0 Å². The molecule has 1 aromatic carbocycles. The van der Waals surface area contributed by atoms with Gasteiger partial charge in [-0.15, -0.1) is 0 Å². The first-order chi connectivity index (χ1) is 7.47. The fourth-order valence-electron chi connectivity index (χ4n) is 1.26. The zero-order valence-electron chi connectivity index (χ0n) is 9.66. The molecule has 1 aromatic rings. The van der Waals surface area contributed by atoms with Crippen molar-refractivity contribution in [3.8, 4) is 0 Å². The minimum Gasteiger partial charge on any atom is -0.311 e. The van der Waals surface area contributed by atoms with Crippen LogP contribution in [0.2, 0.25) is 0 Å². The molecule has 0 bridgehead atoms. The Hall–Kier alpha value is -0.910. The summed E-state index contributed by atoms with van der Waals surface area (Å²) in [4.78, 5) is 0. The van der Waals surface area contributed by atoms with Gasteiger partial charge in [0.15, 0.2) is 0 Å². The van der Waals surface area contributed by atoms with E-state index in [2.05, 4.69) is 34.3 Å². The zero-order chi connectivity index (χ0) is 12.0. The number of nitrogens with one attached hydrogen (secondary N) is 2. The highest BCUT2D eigenvalue weighted by Gasteiger charge is 1.98. The predicted octanol–water partition coefficient (Wildman–Crippen LogP) is 0.634. The van der Waals surface area contributed by atoms with Crippen LogP contribution >= 0.6 is 0 Å². The number of hydrogen-bond donors (Lipinski definition) is 2. The standard InChI is InChI=1S/C11H18N2O2S/c1-10-3-5-11(6-4-10)9-12-7-8-13-16(2,14)15/h3-6,12-13H,7-9H2,1-2H3. The molecule has 0 saturated carbocycles. The van der Waals surface area contributed by atoms with E-state index in [1.54, 1.807) is 0 Å². The van der Waals surface area contributed by atoms with Gasteiger partial charge in [0.1, 0.15) is 0 Å². The second-order valence-electron chi connectivity index (χ2n) is 3.83. The van der Waals surface area contributed by atoms with Gasteiger partial charge in [0, 0.05) is 19.6 Å². The van der Waals surface area contributed by atoms with E-state index in [-0.39, 0.29) is 0 Å². The van der Waals surface area contributed by atoms with Crippen molar-refractivity contribution in [2.45, 2.75) is 13.5 Å². The molecule has 2 N–H and O–H groups in total. The fraction of sp³-hybridized carbons (Fsp3) is 0.455. The summed E-state index contributed by atoms with van der Waals surface area (Å²) in [7, 11) is -3.06. The lowest BCUT2D eigenvalue weighted by molar-refractivity contribution is 0.582. The van der Waals surface area contributed by atoms with E-state index in [1.807, 2.05) is 6.92 Å². The summed E-state index contributed by atoms with van der Waals surface area (Å²) in [6, 6.07) is 8.25. The van der Waals surface area contributed by atoms with Gasteiger partial charge in [0.25, 0.3) is 0 Å². The molecule has 0 aromatic heterocycles. The highest BCUT2D eigenvalue weighted by molar-refractivity contribution is 7.88. The summed E-state index contributed by atoms with van der Waals surface area (Å²) < 4.78 is 24.0. The Balaban J connectivity index is 2.19. The number of rotatable bonds is 6. The van der Waals surface area contributed by atoms with Gasteiger partial charge in [-0.3, -0.25) is 0 Å². The molecule has 0 heterocycles. The van der Waals surface area contributed by atoms with Crippen LogP contribution < -0.4 is 10.0 Å². The molecule has 0 fully saturated rings. The van der Waals surface area contributed by atoms with Crippen molar-refractivity contribution in [1.29, 1.82) is 0 Å². The van der Waals surface area contributed by atoms with Crippen LogP contribution in [0.25, 0.3) is 0 Å². The molecule has 0 spiro atoms. The molecular weight excluding hydrogens is 224 g/mol. The molecule has 5 heteroatoms. The van der Waals surface area contributed by atoms with E-state index in [0.717, 1.165) is 12.8 Å². The Labute approximate surface area is 97.1 Å². The number of sulfonamides is 1. The number of benzene rings is 1. The normalized spacial score (nSPS) is 11.6. The van der Waals surface area contributed by atoms with E-state index in [1.165, 1.54) is 11.1 Å². The third-order valence-corrected chi connectivity index (χ3v) is 2.84. The molecule has 0 amide bonds. The number of hydrogen-bond acceptors (Lipinski definition) is 3. The van der Waals surface area contributed by atoms with E-state index in [9.17, 15) is 8.42 Å². The van der Waals surface area contributed by atoms with E-state index in [0.29, 0.717) is 13.1 Å². The Morgan fingerprint density at radius 1 is 1.12 bits per heavy atom. The summed E-state index contributed by atoms with van der Waals surface area (Å²) in [5.41, 5.74) is 2.44. The van der Waals surface area contributed by atoms with Crippen LogP contribution in [-0.2, 0) is 16.6 Å². The highest BCUT2D eigenvalue weighted by Crippen LogP contribution is 2.01. The summed E-state index contributed by atoms with van der Waals surface area (Å²) in [5, 5.41) is 3.17. The van der Waals surface area contributed by atoms with Gasteiger partial charge in [0.2, 0.25) is 10.0 Å². The summed E-state index contributed by atoms with van der Waals surface area (Å²) in [5.74, 6) is 0. The molecule has 0 aliphatic rings. The predicted molar refractivity (Wildman–Crippen MR) is 65.7 cm³/mol. The molecule has 0 radical (unpaired) electrons. The van der Waals surface area contributed by atoms with Crippen molar-refractivity contribution >= 4 is 10.0 Å². The lowest BCUT2D eigenvalue weighted by Gasteiger charge is -2.05. The quantitative estimate of drug-likeness (QED) is 0.720. The molecule has 0 aliphatic carbocycles. The first-order valence-corrected chi connectivity index (χ1v) is 7.07. The smallest absolute Gasteiger partial charge is 0.208 e. The second kappa shape index (κ2) is 5.98. The third-order valence-electron chi connectivity index (χ3n) is 2.12. The van der Waals surface area contributed by atoms with Gasteiger partial charge in [-0.25, -0.2) is 13.1 Å². The first-order valence-electron chi connectivity index (χ1n) is 5.18. The van der Waals surface area contributed by atoms with Crippen LogP contribution in [0, 0.1) is 6.92 Å². The topological polar surface area (TPSA) is 58.2 Å². The largest absolute Gasteiger partial charge is 0.311 e. The minimum absolute atomic E-state index is 0.421. The Kier molecular flexibility index (Phi) is 4.92. The Morgan fingerprint density at radius 3 is 2.31 bits per heavy atom. The van der Waals surface area contributed by atoms with Crippen molar-refractivity contribution in [3.05, 3.63) is 35.4 Å². The van der Waals surface area contributed by atoms with Gasteiger partial charge in [0.05, 0.1) is 6.26 Å². The van der Waals surface area contributed by atoms with Crippen molar-refractivity contribution in [1.82, 2.24) is 10.0 Å². The summed E-state index contributed by atoms with van der Waals surface area (Å²) >= 11 is 0. The van der Waals surface area contributed by atoms with E-state index in [4.69, 9.17) is 0 Å². The van der Waals surface area contributed by atoms with Gasteiger partial charge in [-0.2, -0.15) is 0 Å². The van der Waals surface area contributed by atoms with Gasteiger partial charge in [-0.05, 0) is 12.5 Å². The second-order valence-corrected chi connectivity index (χ2v) is 5.66. The van der Waals surface area contributed by atoms with Crippen LogP contribution in [0.15, 0.2) is 24.3 Å². The van der Waals surface area contributed by atoms with Crippen LogP contribution in [0.3, 0.4) is 0 Å². The SMILES string of the molecule is Cc1ccc(CNCCNS(C)(=O)=O)cc1. The van der Waals surface area contributed by atoms with Crippen molar-refractivity contribution < 1.29 is 8.42 Å². The molecule has 0 aliphatic heterocycles. The third kappa shape index (κ3) is 5.85. The maximum Gasteiger partial charge on any atom is 0.208 e. The summed E-state index contributed by atoms with van der Waals surface area (Å²) in [6.07, 6.45) is 1.16. The molecular formula is C11H18N2O2S. The van der Waals surface area contributed by atoms with Gasteiger partial charge < -0.3 is 5.32 Å². The Bertz CT molecular complexity index is 412. The molecule has 1 rings (SSSR count). The highest BCUT2D eigenvalue weighted by atomic mass is 32.2.